The summed E-state index contributed by atoms with van der Waals surface area (Å²) in [5, 5.41) is 11.6. The Bertz CT molecular complexity index is 763. The number of benzene rings is 1. The number of unbranched alkanes of at least 4 members (excludes halogenated alkanes) is 1. The summed E-state index contributed by atoms with van der Waals surface area (Å²) >= 11 is 0. The van der Waals surface area contributed by atoms with E-state index in [1.165, 1.54) is 0 Å². The first-order valence-corrected chi connectivity index (χ1v) is 9.10. The van der Waals surface area contributed by atoms with E-state index in [4.69, 9.17) is 5.11 Å². The minimum atomic E-state index is -4.33. The molecule has 7 nitrogen and oxygen atoms in total. The van der Waals surface area contributed by atoms with Gasteiger partial charge in [0, 0.05) is 12.1 Å². The number of carbonyl (C=O) groups excluding carboxylic acids is 1. The molecule has 3 N–H and O–H groups in total. The van der Waals surface area contributed by atoms with E-state index in [9.17, 15) is 22.4 Å². The van der Waals surface area contributed by atoms with E-state index in [2.05, 4.69) is 5.32 Å². The Kier molecular flexibility index (Phi) is 5.55. The molecule has 1 heterocycles. The summed E-state index contributed by atoms with van der Waals surface area (Å²) in [6.07, 6.45) is 1.83. The largest absolute Gasteiger partial charge is 0.480 e. The van der Waals surface area contributed by atoms with Crippen LogP contribution >= 0.6 is 0 Å². The number of rotatable bonds is 7. The van der Waals surface area contributed by atoms with Gasteiger partial charge in [-0.2, -0.15) is 4.72 Å². The topological polar surface area (TPSA) is 113 Å². The van der Waals surface area contributed by atoms with Crippen LogP contribution < -0.4 is 10.0 Å². The lowest BCUT2D eigenvalue weighted by molar-refractivity contribution is -0.139. The van der Waals surface area contributed by atoms with E-state index < -0.39 is 32.7 Å². The summed E-state index contributed by atoms with van der Waals surface area (Å²) in [5.74, 6) is -2.61. The quantitative estimate of drug-likeness (QED) is 0.686. The highest BCUT2D eigenvalue weighted by molar-refractivity contribution is 7.89. The predicted octanol–water partition coefficient (Wildman–Crippen LogP) is 1.63. The second-order valence-corrected chi connectivity index (χ2v) is 7.32. The number of sulfonamides is 1. The number of halogens is 1. The maximum Gasteiger partial charge on any atom is 0.321 e. The van der Waals surface area contributed by atoms with Crippen LogP contribution in [0.25, 0.3) is 0 Å². The standard InChI is InChI=1S/C15H19FN2O5S/c1-2-3-4-11(15(20)21)18-24(22,23)13-7-9-5-6-14(19)17-12(9)8-10(13)16/h7-8,11,18H,2-6H2,1H3,(H,17,19)(H,20,21)/t11-/m0/s1. The van der Waals surface area contributed by atoms with Crippen LogP contribution in [-0.4, -0.2) is 31.4 Å². The van der Waals surface area contributed by atoms with Crippen LogP contribution in [0.15, 0.2) is 17.0 Å². The summed E-state index contributed by atoms with van der Waals surface area (Å²) in [6, 6.07) is 0.776. The molecule has 2 rings (SSSR count). The van der Waals surface area contributed by atoms with Crippen molar-refractivity contribution < 1.29 is 27.5 Å². The van der Waals surface area contributed by atoms with Crippen molar-refractivity contribution in [3.05, 3.63) is 23.5 Å². The molecule has 1 aliphatic rings. The fourth-order valence-corrected chi connectivity index (χ4v) is 3.81. The molecule has 1 atom stereocenters. The first kappa shape index (κ1) is 18.3. The summed E-state index contributed by atoms with van der Waals surface area (Å²) in [5.41, 5.74) is 0.736. The number of carbonyl (C=O) groups is 2. The van der Waals surface area contributed by atoms with Gasteiger partial charge in [0.05, 0.1) is 0 Å². The van der Waals surface area contributed by atoms with Gasteiger partial charge < -0.3 is 10.4 Å². The van der Waals surface area contributed by atoms with Gasteiger partial charge in [-0.05, 0) is 30.5 Å². The minimum Gasteiger partial charge on any atom is -0.480 e. The van der Waals surface area contributed by atoms with Crippen LogP contribution in [0.4, 0.5) is 10.1 Å². The Morgan fingerprint density at radius 1 is 1.42 bits per heavy atom. The van der Waals surface area contributed by atoms with Gasteiger partial charge in [-0.3, -0.25) is 9.59 Å². The van der Waals surface area contributed by atoms with Crippen molar-refractivity contribution in [3.8, 4) is 0 Å². The van der Waals surface area contributed by atoms with Gasteiger partial charge in [-0.25, -0.2) is 12.8 Å². The number of hydrogen-bond acceptors (Lipinski definition) is 4. The second kappa shape index (κ2) is 7.27. The highest BCUT2D eigenvalue weighted by atomic mass is 32.2. The Morgan fingerprint density at radius 3 is 2.75 bits per heavy atom. The molecule has 0 saturated carbocycles. The lowest BCUT2D eigenvalue weighted by atomic mass is 10.0. The summed E-state index contributed by atoms with van der Waals surface area (Å²) in [6.45, 7) is 1.85. The molecule has 1 aromatic carbocycles. The third-order valence-electron chi connectivity index (χ3n) is 3.78. The Hall–Kier alpha value is -2.00. The molecule has 0 spiro atoms. The van der Waals surface area contributed by atoms with Crippen molar-refractivity contribution in [2.45, 2.75) is 50.0 Å². The highest BCUT2D eigenvalue weighted by Gasteiger charge is 2.29. The Labute approximate surface area is 139 Å². The van der Waals surface area contributed by atoms with Crippen molar-refractivity contribution in [3.63, 3.8) is 0 Å². The van der Waals surface area contributed by atoms with Crippen LogP contribution in [0.2, 0.25) is 0 Å². The SMILES string of the molecule is CCCC[C@H](NS(=O)(=O)c1cc2c(cc1F)NC(=O)CC2)C(=O)O. The van der Waals surface area contributed by atoms with Gasteiger partial charge >= 0.3 is 5.97 Å². The van der Waals surface area contributed by atoms with Gasteiger partial charge in [0.2, 0.25) is 15.9 Å². The smallest absolute Gasteiger partial charge is 0.321 e. The van der Waals surface area contributed by atoms with Gasteiger partial charge in [-0.15, -0.1) is 0 Å². The number of fused-ring (bicyclic) bond motifs is 1. The van der Waals surface area contributed by atoms with Gasteiger partial charge in [0.1, 0.15) is 16.8 Å². The zero-order valence-electron chi connectivity index (χ0n) is 13.1. The lowest BCUT2D eigenvalue weighted by Gasteiger charge is -2.19. The summed E-state index contributed by atoms with van der Waals surface area (Å²) in [7, 11) is -4.33. The zero-order chi connectivity index (χ0) is 17.9. The van der Waals surface area contributed by atoms with E-state index in [-0.39, 0.29) is 24.4 Å². The number of anilines is 1. The van der Waals surface area contributed by atoms with Crippen molar-refractivity contribution >= 4 is 27.6 Å². The molecule has 0 bridgehead atoms. The number of aryl methyl sites for hydroxylation is 1. The van der Waals surface area contributed by atoms with Crippen molar-refractivity contribution in [2.75, 3.05) is 5.32 Å². The Morgan fingerprint density at radius 2 is 2.12 bits per heavy atom. The third-order valence-corrected chi connectivity index (χ3v) is 5.27. The van der Waals surface area contributed by atoms with Crippen molar-refractivity contribution in [1.29, 1.82) is 0 Å². The molecule has 0 radical (unpaired) electrons. The first-order valence-electron chi connectivity index (χ1n) is 7.62. The van der Waals surface area contributed by atoms with Crippen molar-refractivity contribution in [1.82, 2.24) is 4.72 Å². The first-order chi connectivity index (χ1) is 11.2. The van der Waals surface area contributed by atoms with Crippen LogP contribution in [-0.2, 0) is 26.0 Å². The number of nitrogens with one attached hydrogen (secondary N) is 2. The molecule has 1 aromatic rings. The molecule has 0 unspecified atom stereocenters. The van der Waals surface area contributed by atoms with Crippen LogP contribution in [0.5, 0.6) is 0 Å². The molecular formula is C15H19FN2O5S. The van der Waals surface area contributed by atoms with Gasteiger partial charge in [0.15, 0.2) is 0 Å². The molecule has 24 heavy (non-hydrogen) atoms. The number of carboxylic acids is 1. The monoisotopic (exact) mass is 358 g/mol. The van der Waals surface area contributed by atoms with Crippen LogP contribution in [0, 0.1) is 5.82 Å². The van der Waals surface area contributed by atoms with Gasteiger partial charge in [0.25, 0.3) is 0 Å². The molecule has 9 heteroatoms. The minimum absolute atomic E-state index is 0.119. The molecule has 0 saturated heterocycles. The lowest BCUT2D eigenvalue weighted by Crippen LogP contribution is -2.41. The summed E-state index contributed by atoms with van der Waals surface area (Å²) < 4.78 is 41.0. The molecule has 132 valence electrons. The van der Waals surface area contributed by atoms with Gasteiger partial charge in [-0.1, -0.05) is 19.8 Å². The predicted molar refractivity (Wildman–Crippen MR) is 84.6 cm³/mol. The van der Waals surface area contributed by atoms with Crippen molar-refractivity contribution in [2.24, 2.45) is 0 Å². The number of hydrogen-bond donors (Lipinski definition) is 3. The number of amides is 1. The maximum absolute atomic E-state index is 14.2. The number of aliphatic carboxylic acids is 1. The van der Waals surface area contributed by atoms with E-state index in [0.29, 0.717) is 24.8 Å². The molecule has 0 fully saturated rings. The molecule has 1 amide bonds. The second-order valence-electron chi connectivity index (χ2n) is 5.64. The van der Waals surface area contributed by atoms with E-state index in [1.54, 1.807) is 0 Å². The average molecular weight is 358 g/mol. The van der Waals surface area contributed by atoms with E-state index in [1.807, 2.05) is 11.6 Å². The van der Waals surface area contributed by atoms with Crippen LogP contribution in [0.1, 0.15) is 38.2 Å². The fourth-order valence-electron chi connectivity index (χ4n) is 2.48. The number of carboxylic acid groups (broad SMARTS) is 1. The third kappa shape index (κ3) is 4.09. The molecular weight excluding hydrogens is 339 g/mol. The van der Waals surface area contributed by atoms with E-state index in [0.717, 1.165) is 12.1 Å². The normalized spacial score (nSPS) is 15.5. The summed E-state index contributed by atoms with van der Waals surface area (Å²) in [4.78, 5) is 21.9. The van der Waals surface area contributed by atoms with Crippen LogP contribution in [0.3, 0.4) is 0 Å². The molecule has 1 aliphatic heterocycles. The zero-order valence-corrected chi connectivity index (χ0v) is 14.0. The Balaban J connectivity index is 2.31. The average Bonchev–Trinajstić information content (AvgIpc) is 2.50. The highest BCUT2D eigenvalue weighted by Crippen LogP contribution is 2.28. The molecule has 0 aliphatic carbocycles. The molecule has 0 aromatic heterocycles. The maximum atomic E-state index is 14.2. The fraction of sp³-hybridized carbons (Fsp3) is 0.467. The van der Waals surface area contributed by atoms with E-state index >= 15 is 0 Å².